The molecule has 0 aromatic rings. The molecular weight excluding hydrogens is 400 g/mol. The molecule has 4 heteroatoms. The monoisotopic (exact) mass is 450 g/mol. The summed E-state index contributed by atoms with van der Waals surface area (Å²) in [5.41, 5.74) is 0. The second kappa shape index (κ2) is 25.8. The Bertz CT molecular complexity index is 447. The minimum Gasteiger partial charge on any atom is -0.456 e. The van der Waals surface area contributed by atoms with E-state index in [1.165, 1.54) is 103 Å². The number of ether oxygens (including phenoxy) is 2. The molecule has 0 aromatic heterocycles. The second-order valence-corrected chi connectivity index (χ2v) is 8.89. The van der Waals surface area contributed by atoms with Crippen LogP contribution in [0.3, 0.4) is 0 Å². The lowest BCUT2D eigenvalue weighted by Gasteiger charge is -2.03. The van der Waals surface area contributed by atoms with E-state index in [0.29, 0.717) is 13.2 Å². The summed E-state index contributed by atoms with van der Waals surface area (Å²) in [6.45, 7) is 5.23. The standard InChI is InChI=1S/C28H50O4/c1-3-5-7-9-11-13-15-17-19-21-25-31-27(29)23-24-28(30)32-26-22-20-18-16-14-12-10-8-6-4-2/h3-22,25-26H2,1-2H3. The maximum atomic E-state index is 11.6. The summed E-state index contributed by atoms with van der Waals surface area (Å²) in [6, 6.07) is 0. The van der Waals surface area contributed by atoms with Crippen LogP contribution in [0.2, 0.25) is 0 Å². The van der Waals surface area contributed by atoms with Crippen molar-refractivity contribution in [3.8, 4) is 11.8 Å². The van der Waals surface area contributed by atoms with Crippen molar-refractivity contribution >= 4 is 11.9 Å². The highest BCUT2D eigenvalue weighted by molar-refractivity contribution is 5.98. The molecule has 0 aliphatic rings. The van der Waals surface area contributed by atoms with E-state index in [1.54, 1.807) is 0 Å². The predicted octanol–water partition coefficient (Wildman–Crippen LogP) is 7.92. The molecule has 0 aliphatic carbocycles. The highest BCUT2D eigenvalue weighted by atomic mass is 16.5. The first-order valence-corrected chi connectivity index (χ1v) is 13.6. The summed E-state index contributed by atoms with van der Waals surface area (Å²) in [5.74, 6) is 3.16. The lowest BCUT2D eigenvalue weighted by Crippen LogP contribution is -2.06. The maximum absolute atomic E-state index is 11.6. The van der Waals surface area contributed by atoms with Crippen LogP contribution in [-0.2, 0) is 19.1 Å². The van der Waals surface area contributed by atoms with Crippen molar-refractivity contribution in [1.29, 1.82) is 0 Å². The molecule has 0 saturated carbocycles. The van der Waals surface area contributed by atoms with Crippen LogP contribution in [-0.4, -0.2) is 25.2 Å². The lowest BCUT2D eigenvalue weighted by molar-refractivity contribution is -0.138. The smallest absolute Gasteiger partial charge is 0.384 e. The van der Waals surface area contributed by atoms with Gasteiger partial charge in [-0.25, -0.2) is 9.59 Å². The Morgan fingerprint density at radius 1 is 0.438 bits per heavy atom. The van der Waals surface area contributed by atoms with Crippen LogP contribution in [0.5, 0.6) is 0 Å². The molecule has 0 N–H and O–H groups in total. The fourth-order valence-electron chi connectivity index (χ4n) is 3.68. The van der Waals surface area contributed by atoms with Gasteiger partial charge in [-0.3, -0.25) is 0 Å². The average molecular weight is 451 g/mol. The molecule has 186 valence electrons. The summed E-state index contributed by atoms with van der Waals surface area (Å²) in [6.07, 6.45) is 24.7. The minimum atomic E-state index is -0.642. The van der Waals surface area contributed by atoms with Gasteiger partial charge < -0.3 is 9.47 Å². The molecule has 32 heavy (non-hydrogen) atoms. The van der Waals surface area contributed by atoms with Gasteiger partial charge in [0, 0.05) is 11.8 Å². The highest BCUT2D eigenvalue weighted by Gasteiger charge is 2.01. The van der Waals surface area contributed by atoms with Crippen molar-refractivity contribution < 1.29 is 19.1 Å². The lowest BCUT2D eigenvalue weighted by atomic mass is 10.1. The van der Waals surface area contributed by atoms with E-state index in [1.807, 2.05) is 0 Å². The molecule has 0 heterocycles. The van der Waals surface area contributed by atoms with Crippen molar-refractivity contribution in [2.45, 2.75) is 142 Å². The van der Waals surface area contributed by atoms with E-state index >= 15 is 0 Å². The third kappa shape index (κ3) is 24.8. The summed E-state index contributed by atoms with van der Waals surface area (Å²) in [7, 11) is 0. The van der Waals surface area contributed by atoms with E-state index in [0.717, 1.165) is 25.7 Å². The Balaban J connectivity index is 3.43. The first-order chi connectivity index (χ1) is 15.7. The molecule has 0 unspecified atom stereocenters. The molecule has 0 amide bonds. The normalized spacial score (nSPS) is 10.4. The van der Waals surface area contributed by atoms with Gasteiger partial charge in [-0.1, -0.05) is 129 Å². The molecule has 0 rings (SSSR count). The first-order valence-electron chi connectivity index (χ1n) is 13.6. The molecule has 0 radical (unpaired) electrons. The van der Waals surface area contributed by atoms with Crippen molar-refractivity contribution in [3.63, 3.8) is 0 Å². The van der Waals surface area contributed by atoms with Gasteiger partial charge in [-0.2, -0.15) is 0 Å². The molecule has 4 nitrogen and oxygen atoms in total. The maximum Gasteiger partial charge on any atom is 0.384 e. The van der Waals surface area contributed by atoms with Crippen LogP contribution in [0.15, 0.2) is 0 Å². The number of unbranched alkanes of at least 4 members (excludes halogenated alkanes) is 18. The van der Waals surface area contributed by atoms with E-state index in [4.69, 9.17) is 9.47 Å². The third-order valence-electron chi connectivity index (χ3n) is 5.73. The number of hydrogen-bond acceptors (Lipinski definition) is 4. The molecule has 0 spiro atoms. The Kier molecular flexibility index (Phi) is 24.6. The van der Waals surface area contributed by atoms with Gasteiger partial charge in [-0.05, 0) is 12.8 Å². The molecule has 0 aromatic carbocycles. The van der Waals surface area contributed by atoms with E-state index in [-0.39, 0.29) is 0 Å². The van der Waals surface area contributed by atoms with Crippen molar-refractivity contribution in [2.24, 2.45) is 0 Å². The topological polar surface area (TPSA) is 52.6 Å². The van der Waals surface area contributed by atoms with E-state index in [9.17, 15) is 9.59 Å². The zero-order valence-corrected chi connectivity index (χ0v) is 21.2. The second-order valence-electron chi connectivity index (χ2n) is 8.89. The predicted molar refractivity (Wildman–Crippen MR) is 133 cm³/mol. The zero-order chi connectivity index (χ0) is 23.5. The molecule has 0 bridgehead atoms. The Labute approximate surface area is 198 Å². The van der Waals surface area contributed by atoms with Crippen molar-refractivity contribution in [1.82, 2.24) is 0 Å². The molecule has 0 fully saturated rings. The fraction of sp³-hybridized carbons (Fsp3) is 0.857. The van der Waals surface area contributed by atoms with E-state index < -0.39 is 11.9 Å². The van der Waals surface area contributed by atoms with Crippen LogP contribution >= 0.6 is 0 Å². The number of hydrogen-bond donors (Lipinski definition) is 0. The fourth-order valence-corrected chi connectivity index (χ4v) is 3.68. The number of carbonyl (C=O) groups excluding carboxylic acids is 2. The summed E-state index contributed by atoms with van der Waals surface area (Å²) in [5, 5.41) is 0. The number of carbonyl (C=O) groups is 2. The van der Waals surface area contributed by atoms with Crippen LogP contribution in [0.4, 0.5) is 0 Å². The summed E-state index contributed by atoms with van der Waals surface area (Å²) < 4.78 is 10.1. The molecule has 0 atom stereocenters. The van der Waals surface area contributed by atoms with Crippen molar-refractivity contribution in [2.75, 3.05) is 13.2 Å². The Hall–Kier alpha value is -1.50. The van der Waals surface area contributed by atoms with Gasteiger partial charge in [0.05, 0.1) is 13.2 Å². The largest absolute Gasteiger partial charge is 0.456 e. The SMILES string of the molecule is CCCCCCCCCCCCOC(=O)C#CC(=O)OCCCCCCCCCCCC. The summed E-state index contributed by atoms with van der Waals surface area (Å²) >= 11 is 0. The summed E-state index contributed by atoms with van der Waals surface area (Å²) in [4.78, 5) is 23.1. The highest BCUT2D eigenvalue weighted by Crippen LogP contribution is 2.11. The van der Waals surface area contributed by atoms with Crippen LogP contribution in [0.25, 0.3) is 0 Å². The quantitative estimate of drug-likeness (QED) is 0.0727. The van der Waals surface area contributed by atoms with Gasteiger partial charge in [0.2, 0.25) is 0 Å². The Morgan fingerprint density at radius 2 is 0.688 bits per heavy atom. The third-order valence-corrected chi connectivity index (χ3v) is 5.73. The van der Waals surface area contributed by atoms with Gasteiger partial charge in [0.15, 0.2) is 0 Å². The molecular formula is C28H50O4. The Morgan fingerprint density at radius 3 is 0.969 bits per heavy atom. The van der Waals surface area contributed by atoms with Crippen LogP contribution in [0.1, 0.15) is 142 Å². The van der Waals surface area contributed by atoms with Gasteiger partial charge in [0.1, 0.15) is 0 Å². The van der Waals surface area contributed by atoms with Crippen LogP contribution < -0.4 is 0 Å². The first kappa shape index (κ1) is 30.5. The average Bonchev–Trinajstić information content (AvgIpc) is 2.79. The molecule has 0 aliphatic heterocycles. The number of rotatable bonds is 22. The van der Waals surface area contributed by atoms with Crippen LogP contribution in [0, 0.1) is 11.8 Å². The minimum absolute atomic E-state index is 0.373. The van der Waals surface area contributed by atoms with Gasteiger partial charge in [-0.15, -0.1) is 0 Å². The number of esters is 2. The van der Waals surface area contributed by atoms with Gasteiger partial charge >= 0.3 is 11.9 Å². The van der Waals surface area contributed by atoms with Gasteiger partial charge in [0.25, 0.3) is 0 Å². The zero-order valence-electron chi connectivity index (χ0n) is 21.2. The van der Waals surface area contributed by atoms with Crippen molar-refractivity contribution in [3.05, 3.63) is 0 Å². The molecule has 0 saturated heterocycles. The van der Waals surface area contributed by atoms with E-state index in [2.05, 4.69) is 25.7 Å².